The molecule has 1 aromatic carbocycles. The van der Waals surface area contributed by atoms with Gasteiger partial charge >= 0.3 is 5.69 Å². The molecule has 3 heterocycles. The Morgan fingerprint density at radius 1 is 1.07 bits per heavy atom. The molecule has 4 rings (SSSR count). The summed E-state index contributed by atoms with van der Waals surface area (Å²) in [4.78, 5) is 23.7. The zero-order valence-corrected chi connectivity index (χ0v) is 15.3. The second-order valence-electron chi connectivity index (χ2n) is 6.56. The van der Waals surface area contributed by atoms with Gasteiger partial charge in [-0.1, -0.05) is 0 Å². The number of piperazine rings is 1. The van der Waals surface area contributed by atoms with Crippen LogP contribution in [0.2, 0.25) is 0 Å². The summed E-state index contributed by atoms with van der Waals surface area (Å²) in [6.07, 6.45) is 2.49. The third-order valence-corrected chi connectivity index (χ3v) is 4.63. The van der Waals surface area contributed by atoms with Crippen LogP contribution < -0.4 is 9.80 Å². The molecule has 1 fully saturated rings. The topological polar surface area (TPSA) is 113 Å². The minimum atomic E-state index is -0.497. The first-order valence-electron chi connectivity index (χ1n) is 8.83. The van der Waals surface area contributed by atoms with Crippen LogP contribution in [-0.2, 0) is 0 Å². The van der Waals surface area contributed by atoms with Crippen LogP contribution in [0, 0.1) is 17.0 Å². The number of benzene rings is 1. The Balaban J connectivity index is 1.51. The molecule has 2 aromatic heterocycles. The average molecular weight is 381 g/mol. The van der Waals surface area contributed by atoms with Crippen LogP contribution in [0.3, 0.4) is 0 Å². The second-order valence-corrected chi connectivity index (χ2v) is 6.56. The SMILES string of the molecule is Cc1cc(N2CCN(c3ccc(O)cc3)CC2)nc(-n2cc([N+](=O)[O-])cn2)n1. The van der Waals surface area contributed by atoms with Gasteiger partial charge in [0.2, 0.25) is 0 Å². The summed E-state index contributed by atoms with van der Waals surface area (Å²) in [7, 11) is 0. The van der Waals surface area contributed by atoms with Gasteiger partial charge in [0.05, 0.1) is 4.92 Å². The van der Waals surface area contributed by atoms with Crippen LogP contribution in [0.25, 0.3) is 5.95 Å². The van der Waals surface area contributed by atoms with E-state index in [1.165, 1.54) is 17.1 Å². The van der Waals surface area contributed by atoms with Gasteiger partial charge in [0.25, 0.3) is 5.95 Å². The maximum Gasteiger partial charge on any atom is 0.307 e. The van der Waals surface area contributed by atoms with Crippen molar-refractivity contribution >= 4 is 17.2 Å². The highest BCUT2D eigenvalue weighted by Crippen LogP contribution is 2.22. The molecule has 0 unspecified atom stereocenters. The molecule has 1 N–H and O–H groups in total. The first kappa shape index (κ1) is 17.7. The number of phenolic OH excluding ortho intramolecular Hbond substituents is 1. The van der Waals surface area contributed by atoms with Crippen LogP contribution in [0.15, 0.2) is 42.7 Å². The molecule has 10 heteroatoms. The fourth-order valence-corrected chi connectivity index (χ4v) is 3.18. The predicted molar refractivity (Wildman–Crippen MR) is 103 cm³/mol. The molecule has 0 bridgehead atoms. The molecule has 1 aliphatic rings. The van der Waals surface area contributed by atoms with Crippen LogP contribution >= 0.6 is 0 Å². The van der Waals surface area contributed by atoms with Gasteiger partial charge < -0.3 is 14.9 Å². The third-order valence-electron chi connectivity index (χ3n) is 4.63. The smallest absolute Gasteiger partial charge is 0.307 e. The Kier molecular flexibility index (Phi) is 4.52. The Morgan fingerprint density at radius 3 is 2.39 bits per heavy atom. The zero-order valence-electron chi connectivity index (χ0n) is 15.3. The number of aromatic nitrogens is 4. The van der Waals surface area contributed by atoms with E-state index in [2.05, 4.69) is 24.9 Å². The van der Waals surface area contributed by atoms with Crippen molar-refractivity contribution in [2.24, 2.45) is 0 Å². The predicted octanol–water partition coefficient (Wildman–Crippen LogP) is 1.91. The van der Waals surface area contributed by atoms with Crippen LogP contribution in [-0.4, -0.2) is 56.0 Å². The van der Waals surface area contributed by atoms with E-state index >= 15 is 0 Å². The molecule has 0 atom stereocenters. The van der Waals surface area contributed by atoms with Crippen LogP contribution in [0.5, 0.6) is 5.75 Å². The number of rotatable bonds is 4. The molecular weight excluding hydrogens is 362 g/mol. The van der Waals surface area contributed by atoms with Gasteiger partial charge in [-0.25, -0.2) is 4.98 Å². The van der Waals surface area contributed by atoms with E-state index in [0.29, 0.717) is 5.95 Å². The average Bonchev–Trinajstić information content (AvgIpc) is 3.19. The molecule has 0 radical (unpaired) electrons. The summed E-state index contributed by atoms with van der Waals surface area (Å²) in [5.74, 6) is 1.33. The van der Waals surface area contributed by atoms with Gasteiger partial charge in [-0.2, -0.15) is 14.8 Å². The molecule has 0 aliphatic carbocycles. The second kappa shape index (κ2) is 7.14. The number of aryl methyl sites for hydroxylation is 1. The highest BCUT2D eigenvalue weighted by atomic mass is 16.6. The van der Waals surface area contributed by atoms with Crippen molar-refractivity contribution in [3.8, 4) is 11.7 Å². The summed E-state index contributed by atoms with van der Waals surface area (Å²) < 4.78 is 1.32. The highest BCUT2D eigenvalue weighted by Gasteiger charge is 2.20. The van der Waals surface area contributed by atoms with Crippen molar-refractivity contribution in [1.29, 1.82) is 0 Å². The molecule has 0 amide bonds. The molecule has 0 saturated carbocycles. The highest BCUT2D eigenvalue weighted by molar-refractivity contribution is 5.51. The van der Waals surface area contributed by atoms with Crippen molar-refractivity contribution in [2.45, 2.75) is 6.92 Å². The first-order chi connectivity index (χ1) is 13.5. The van der Waals surface area contributed by atoms with Gasteiger partial charge in [-0.05, 0) is 31.2 Å². The molecule has 10 nitrogen and oxygen atoms in total. The fraction of sp³-hybridized carbons (Fsp3) is 0.278. The number of nitro groups is 1. The summed E-state index contributed by atoms with van der Waals surface area (Å²) in [5, 5.41) is 24.3. The third kappa shape index (κ3) is 3.56. The largest absolute Gasteiger partial charge is 0.508 e. The lowest BCUT2D eigenvalue weighted by Crippen LogP contribution is -2.47. The van der Waals surface area contributed by atoms with E-state index in [4.69, 9.17) is 0 Å². The van der Waals surface area contributed by atoms with Crippen molar-refractivity contribution < 1.29 is 10.0 Å². The Hall–Kier alpha value is -3.69. The molecule has 144 valence electrons. The number of anilines is 2. The van der Waals surface area contributed by atoms with Crippen LogP contribution in [0.4, 0.5) is 17.2 Å². The summed E-state index contributed by atoms with van der Waals surface area (Å²) >= 11 is 0. The summed E-state index contributed by atoms with van der Waals surface area (Å²) in [6, 6.07) is 9.08. The van der Waals surface area contributed by atoms with Crippen molar-refractivity contribution in [2.75, 3.05) is 36.0 Å². The van der Waals surface area contributed by atoms with E-state index in [1.807, 2.05) is 25.1 Å². The van der Waals surface area contributed by atoms with E-state index in [0.717, 1.165) is 43.4 Å². The quantitative estimate of drug-likeness (QED) is 0.538. The van der Waals surface area contributed by atoms with Crippen molar-refractivity contribution in [3.05, 3.63) is 58.5 Å². The molecular formula is C18H19N7O3. The lowest BCUT2D eigenvalue weighted by Gasteiger charge is -2.36. The molecule has 0 spiro atoms. The zero-order chi connectivity index (χ0) is 19.7. The number of aromatic hydroxyl groups is 1. The van der Waals surface area contributed by atoms with Crippen molar-refractivity contribution in [1.82, 2.24) is 19.7 Å². The molecule has 1 saturated heterocycles. The van der Waals surface area contributed by atoms with Gasteiger partial charge in [0.15, 0.2) is 0 Å². The fourth-order valence-electron chi connectivity index (χ4n) is 3.18. The van der Waals surface area contributed by atoms with Gasteiger partial charge in [-0.3, -0.25) is 10.1 Å². The monoisotopic (exact) mass is 381 g/mol. The molecule has 28 heavy (non-hydrogen) atoms. The molecule has 3 aromatic rings. The van der Waals surface area contributed by atoms with Crippen molar-refractivity contribution in [3.63, 3.8) is 0 Å². The number of hydrogen-bond acceptors (Lipinski definition) is 8. The lowest BCUT2D eigenvalue weighted by atomic mass is 10.2. The lowest BCUT2D eigenvalue weighted by molar-refractivity contribution is -0.384. The summed E-state index contributed by atoms with van der Waals surface area (Å²) in [5.41, 5.74) is 1.73. The Labute approximate surface area is 160 Å². The number of nitrogens with zero attached hydrogens (tertiary/aromatic N) is 7. The van der Waals surface area contributed by atoms with E-state index in [1.54, 1.807) is 12.1 Å². The van der Waals surface area contributed by atoms with Crippen LogP contribution in [0.1, 0.15) is 5.69 Å². The Morgan fingerprint density at radius 2 is 1.75 bits per heavy atom. The van der Waals surface area contributed by atoms with E-state index in [-0.39, 0.29) is 11.4 Å². The Bertz CT molecular complexity index is 995. The van der Waals surface area contributed by atoms with Gasteiger partial charge in [0.1, 0.15) is 24.0 Å². The summed E-state index contributed by atoms with van der Waals surface area (Å²) in [6.45, 7) is 5.04. The van der Waals surface area contributed by atoms with Gasteiger partial charge in [0, 0.05) is 43.6 Å². The number of phenols is 1. The normalized spacial score (nSPS) is 14.3. The van der Waals surface area contributed by atoms with E-state index < -0.39 is 4.92 Å². The van der Waals surface area contributed by atoms with E-state index in [9.17, 15) is 15.2 Å². The maximum atomic E-state index is 10.9. The maximum absolute atomic E-state index is 10.9. The van der Waals surface area contributed by atoms with Gasteiger partial charge in [-0.15, -0.1) is 0 Å². The minimum Gasteiger partial charge on any atom is -0.508 e. The first-order valence-corrected chi connectivity index (χ1v) is 8.83. The number of hydrogen-bond donors (Lipinski definition) is 1. The minimum absolute atomic E-state index is 0.103. The molecule has 1 aliphatic heterocycles. The standard InChI is InChI=1S/C18H19N7O3/c1-13-10-17(21-18(20-13)24-12-15(11-19-24)25(27)28)23-8-6-22(7-9-23)14-2-4-16(26)5-3-14/h2-5,10-12,26H,6-9H2,1H3.